The highest BCUT2D eigenvalue weighted by molar-refractivity contribution is 5.80. The van der Waals surface area contributed by atoms with Crippen LogP contribution in [0.2, 0.25) is 0 Å². The zero-order chi connectivity index (χ0) is 14.0. The van der Waals surface area contributed by atoms with Crippen LogP contribution in [-0.2, 0) is 0 Å². The molecule has 3 N–H and O–H groups in total. The van der Waals surface area contributed by atoms with E-state index in [9.17, 15) is 13.2 Å². The average Bonchev–Trinajstić information content (AvgIpc) is 2.34. The molecule has 3 atom stereocenters. The molecule has 0 bridgehead atoms. The first-order valence-corrected chi connectivity index (χ1v) is 7.01. The molecule has 6 heteroatoms. The maximum Gasteiger partial charge on any atom is 0.399 e. The molecule has 3 nitrogen and oxygen atoms in total. The minimum absolute atomic E-state index is 0.151. The number of likely N-dealkylation sites (tertiary alicyclic amines) is 1. The van der Waals surface area contributed by atoms with Gasteiger partial charge >= 0.3 is 6.18 Å². The maximum absolute atomic E-state index is 12.8. The molecule has 2 rings (SSSR count). The molecule has 0 aromatic rings. The van der Waals surface area contributed by atoms with E-state index in [0.717, 1.165) is 19.4 Å². The first-order chi connectivity index (χ1) is 8.88. The number of alkyl halides is 3. The molecule has 1 saturated heterocycles. The van der Waals surface area contributed by atoms with Crippen molar-refractivity contribution in [2.45, 2.75) is 38.3 Å². The number of hydrogen-bond donors (Lipinski definition) is 2. The number of halogens is 3. The fourth-order valence-electron chi connectivity index (χ4n) is 3.48. The van der Waals surface area contributed by atoms with Crippen molar-refractivity contribution in [3.05, 3.63) is 0 Å². The van der Waals surface area contributed by atoms with E-state index in [1.54, 1.807) is 0 Å². The van der Waals surface area contributed by atoms with Crippen LogP contribution in [0.25, 0.3) is 0 Å². The van der Waals surface area contributed by atoms with Crippen molar-refractivity contribution in [1.82, 2.24) is 4.90 Å². The highest BCUT2D eigenvalue weighted by atomic mass is 19.4. The van der Waals surface area contributed by atoms with Crippen molar-refractivity contribution < 1.29 is 13.2 Å². The largest absolute Gasteiger partial charge is 0.399 e. The van der Waals surface area contributed by atoms with E-state index < -0.39 is 17.9 Å². The van der Waals surface area contributed by atoms with Gasteiger partial charge in [-0.1, -0.05) is 19.3 Å². The summed E-state index contributed by atoms with van der Waals surface area (Å²) < 4.78 is 38.4. The predicted molar refractivity (Wildman–Crippen MR) is 68.0 cm³/mol. The highest BCUT2D eigenvalue weighted by Crippen LogP contribution is 2.37. The predicted octanol–water partition coefficient (Wildman–Crippen LogP) is 2.61. The molecule has 0 aromatic carbocycles. The molecule has 2 aliphatic rings. The summed E-state index contributed by atoms with van der Waals surface area (Å²) in [6, 6.07) is 0. The van der Waals surface area contributed by atoms with Gasteiger partial charge in [0.2, 0.25) is 0 Å². The van der Waals surface area contributed by atoms with Gasteiger partial charge in [-0.3, -0.25) is 5.41 Å². The molecule has 0 aromatic heterocycles. The minimum Gasteiger partial charge on any atom is -0.387 e. The van der Waals surface area contributed by atoms with Crippen LogP contribution in [0.4, 0.5) is 13.2 Å². The molecule has 0 spiro atoms. The molecule has 0 amide bonds. The number of rotatable bonds is 3. The normalized spacial score (nSPS) is 30.7. The molecule has 1 aliphatic carbocycles. The topological polar surface area (TPSA) is 53.1 Å². The lowest BCUT2D eigenvalue weighted by Gasteiger charge is -2.42. The molecular weight excluding hydrogens is 255 g/mol. The number of nitrogens with one attached hydrogen (secondary N) is 1. The fraction of sp³-hybridized carbons (Fsp3) is 0.923. The maximum atomic E-state index is 12.8. The Morgan fingerprint density at radius 3 is 2.42 bits per heavy atom. The van der Waals surface area contributed by atoms with E-state index in [4.69, 9.17) is 11.1 Å². The van der Waals surface area contributed by atoms with Gasteiger partial charge in [-0.15, -0.1) is 0 Å². The Balaban J connectivity index is 1.93. The molecule has 1 heterocycles. The summed E-state index contributed by atoms with van der Waals surface area (Å²) in [4.78, 5) is 1.85. The Morgan fingerprint density at radius 1 is 1.21 bits per heavy atom. The summed E-state index contributed by atoms with van der Waals surface area (Å²) in [7, 11) is 0. The molecule has 1 saturated carbocycles. The van der Waals surface area contributed by atoms with E-state index in [-0.39, 0.29) is 6.54 Å². The Bertz CT molecular complexity index is 330. The third kappa shape index (κ3) is 3.61. The lowest BCUT2D eigenvalue weighted by molar-refractivity contribution is -0.161. The van der Waals surface area contributed by atoms with Gasteiger partial charge in [0, 0.05) is 13.1 Å². The Labute approximate surface area is 111 Å². The third-order valence-corrected chi connectivity index (χ3v) is 4.59. The van der Waals surface area contributed by atoms with Crippen LogP contribution in [0.5, 0.6) is 0 Å². The van der Waals surface area contributed by atoms with Gasteiger partial charge in [0.05, 0.1) is 0 Å². The van der Waals surface area contributed by atoms with Crippen molar-refractivity contribution in [2.75, 3.05) is 19.6 Å². The lowest BCUT2D eigenvalue weighted by atomic mass is 9.75. The lowest BCUT2D eigenvalue weighted by Crippen LogP contribution is -2.49. The van der Waals surface area contributed by atoms with E-state index in [1.165, 1.54) is 19.3 Å². The van der Waals surface area contributed by atoms with Crippen LogP contribution in [0.15, 0.2) is 0 Å². The molecule has 1 aliphatic heterocycles. The fourth-order valence-corrected chi connectivity index (χ4v) is 3.48. The Hall–Kier alpha value is -0.780. The van der Waals surface area contributed by atoms with E-state index >= 15 is 0 Å². The first kappa shape index (κ1) is 14.6. The van der Waals surface area contributed by atoms with Gasteiger partial charge in [-0.2, -0.15) is 13.2 Å². The highest BCUT2D eigenvalue weighted by Gasteiger charge is 2.43. The van der Waals surface area contributed by atoms with Gasteiger partial charge in [0.25, 0.3) is 0 Å². The SMILES string of the molecule is N=C(N)C(CN1CCC2CCCCC2C1)C(F)(F)F. The van der Waals surface area contributed by atoms with Crippen molar-refractivity contribution in [1.29, 1.82) is 5.41 Å². The standard InChI is InChI=1S/C13H22F3N3/c14-13(15,16)11(12(17)18)8-19-6-5-9-3-1-2-4-10(9)7-19/h9-11H,1-8H2,(H3,17,18). The van der Waals surface area contributed by atoms with E-state index in [0.29, 0.717) is 18.4 Å². The molecule has 3 unspecified atom stereocenters. The van der Waals surface area contributed by atoms with Crippen LogP contribution in [-0.4, -0.2) is 36.5 Å². The average molecular weight is 277 g/mol. The van der Waals surface area contributed by atoms with E-state index in [1.807, 2.05) is 4.90 Å². The van der Waals surface area contributed by atoms with Crippen LogP contribution >= 0.6 is 0 Å². The Kier molecular flexibility index (Phi) is 4.38. The van der Waals surface area contributed by atoms with Crippen LogP contribution in [0.1, 0.15) is 32.1 Å². The quantitative estimate of drug-likeness (QED) is 0.615. The second-order valence-electron chi connectivity index (χ2n) is 5.90. The van der Waals surface area contributed by atoms with Gasteiger partial charge in [-0.05, 0) is 31.2 Å². The van der Waals surface area contributed by atoms with Crippen molar-refractivity contribution in [3.63, 3.8) is 0 Å². The van der Waals surface area contributed by atoms with Crippen LogP contribution in [0.3, 0.4) is 0 Å². The number of amidine groups is 1. The zero-order valence-corrected chi connectivity index (χ0v) is 11.0. The molecule has 2 fully saturated rings. The monoisotopic (exact) mass is 277 g/mol. The zero-order valence-electron chi connectivity index (χ0n) is 11.0. The molecule has 19 heavy (non-hydrogen) atoms. The van der Waals surface area contributed by atoms with Crippen LogP contribution < -0.4 is 5.73 Å². The summed E-state index contributed by atoms with van der Waals surface area (Å²) in [6.07, 6.45) is 1.42. The van der Waals surface area contributed by atoms with Gasteiger partial charge in [0.15, 0.2) is 0 Å². The van der Waals surface area contributed by atoms with Gasteiger partial charge < -0.3 is 10.6 Å². The smallest absolute Gasteiger partial charge is 0.387 e. The summed E-state index contributed by atoms with van der Waals surface area (Å²) in [5.74, 6) is -1.33. The number of nitrogens with zero attached hydrogens (tertiary/aromatic N) is 1. The molecular formula is C13H22F3N3. The summed E-state index contributed by atoms with van der Waals surface area (Å²) in [6.45, 7) is 1.30. The number of nitrogens with two attached hydrogens (primary N) is 1. The number of fused-ring (bicyclic) bond motifs is 1. The first-order valence-electron chi connectivity index (χ1n) is 7.01. The second-order valence-corrected chi connectivity index (χ2v) is 5.90. The van der Waals surface area contributed by atoms with Gasteiger partial charge in [0.1, 0.15) is 11.8 Å². The van der Waals surface area contributed by atoms with Crippen LogP contribution in [0, 0.1) is 23.2 Å². The summed E-state index contributed by atoms with van der Waals surface area (Å²) >= 11 is 0. The molecule has 0 radical (unpaired) electrons. The van der Waals surface area contributed by atoms with Crippen molar-refractivity contribution >= 4 is 5.84 Å². The second kappa shape index (κ2) is 5.69. The third-order valence-electron chi connectivity index (χ3n) is 4.59. The van der Waals surface area contributed by atoms with Crippen molar-refractivity contribution in [2.24, 2.45) is 23.5 Å². The van der Waals surface area contributed by atoms with E-state index in [2.05, 4.69) is 0 Å². The minimum atomic E-state index is -4.41. The Morgan fingerprint density at radius 2 is 1.84 bits per heavy atom. The number of hydrogen-bond acceptors (Lipinski definition) is 2. The van der Waals surface area contributed by atoms with Gasteiger partial charge in [-0.25, -0.2) is 0 Å². The summed E-state index contributed by atoms with van der Waals surface area (Å²) in [5.41, 5.74) is 5.11. The van der Waals surface area contributed by atoms with Crippen molar-refractivity contribution in [3.8, 4) is 0 Å². The number of piperidine rings is 1. The molecule has 110 valence electrons. The summed E-state index contributed by atoms with van der Waals surface area (Å²) in [5, 5.41) is 7.14.